The van der Waals surface area contributed by atoms with Crippen molar-refractivity contribution >= 4 is 0 Å². The van der Waals surface area contributed by atoms with E-state index in [1.807, 2.05) is 0 Å². The highest BCUT2D eigenvalue weighted by Gasteiger charge is 2.13. The molecular formula is C8H17NO. The highest BCUT2D eigenvalue weighted by molar-refractivity contribution is 4.62. The Kier molecular flexibility index (Phi) is 3.16. The van der Waals surface area contributed by atoms with Gasteiger partial charge >= 0.3 is 0 Å². The molecule has 0 saturated carbocycles. The van der Waals surface area contributed by atoms with E-state index in [1.54, 1.807) is 0 Å². The summed E-state index contributed by atoms with van der Waals surface area (Å²) in [7, 11) is 0. The first-order valence-corrected chi connectivity index (χ1v) is 4.14. The van der Waals surface area contributed by atoms with Gasteiger partial charge in [0.1, 0.15) is 6.23 Å². The number of hydrogen-bond acceptors (Lipinski definition) is 2. The van der Waals surface area contributed by atoms with E-state index in [0.717, 1.165) is 31.9 Å². The Hall–Kier alpha value is -0.0800. The van der Waals surface area contributed by atoms with Gasteiger partial charge < -0.3 is 4.74 Å². The van der Waals surface area contributed by atoms with Crippen molar-refractivity contribution in [1.29, 1.82) is 0 Å². The summed E-state index contributed by atoms with van der Waals surface area (Å²) in [5.74, 6) is 0.732. The number of hydrogen-bond donors (Lipinski definition) is 1. The summed E-state index contributed by atoms with van der Waals surface area (Å²) in [6, 6.07) is 0. The maximum atomic E-state index is 5.48. The van der Waals surface area contributed by atoms with Crippen LogP contribution in [0.5, 0.6) is 0 Å². The molecule has 0 aliphatic carbocycles. The molecule has 0 aromatic heterocycles. The van der Waals surface area contributed by atoms with Gasteiger partial charge in [0.25, 0.3) is 0 Å². The second kappa shape index (κ2) is 3.94. The Bertz CT molecular complexity index is 87.3. The molecule has 0 aromatic rings. The Morgan fingerprint density at radius 3 is 2.90 bits per heavy atom. The van der Waals surface area contributed by atoms with Crippen LogP contribution in [0.4, 0.5) is 0 Å². The average molecular weight is 143 g/mol. The van der Waals surface area contributed by atoms with Crippen LogP contribution < -0.4 is 5.32 Å². The lowest BCUT2D eigenvalue weighted by atomic mass is 10.1. The zero-order chi connectivity index (χ0) is 7.40. The van der Waals surface area contributed by atoms with Crippen LogP contribution in [0.3, 0.4) is 0 Å². The van der Waals surface area contributed by atoms with Gasteiger partial charge in [-0.05, 0) is 25.3 Å². The fourth-order valence-electron chi connectivity index (χ4n) is 1.20. The van der Waals surface area contributed by atoms with Gasteiger partial charge in [-0.15, -0.1) is 0 Å². The molecule has 10 heavy (non-hydrogen) atoms. The molecule has 2 nitrogen and oxygen atoms in total. The van der Waals surface area contributed by atoms with E-state index in [0.29, 0.717) is 6.23 Å². The summed E-state index contributed by atoms with van der Waals surface area (Å²) in [4.78, 5) is 0. The summed E-state index contributed by atoms with van der Waals surface area (Å²) in [6.45, 7) is 6.50. The van der Waals surface area contributed by atoms with Crippen molar-refractivity contribution in [3.63, 3.8) is 0 Å². The second-order valence-corrected chi connectivity index (χ2v) is 3.30. The first kappa shape index (κ1) is 8.02. The zero-order valence-corrected chi connectivity index (χ0v) is 6.89. The minimum Gasteiger partial charge on any atom is -0.363 e. The third kappa shape index (κ3) is 2.67. The second-order valence-electron chi connectivity index (χ2n) is 3.30. The third-order valence-electron chi connectivity index (χ3n) is 1.70. The molecule has 1 rings (SSSR count). The molecule has 0 aromatic carbocycles. The van der Waals surface area contributed by atoms with E-state index in [2.05, 4.69) is 19.2 Å². The van der Waals surface area contributed by atoms with Crippen LogP contribution in [-0.2, 0) is 4.74 Å². The largest absolute Gasteiger partial charge is 0.363 e. The molecule has 60 valence electrons. The summed E-state index contributed by atoms with van der Waals surface area (Å²) in [5, 5.41) is 3.33. The standard InChI is InChI=1S/C8H17NO/c1-7(2)6-8-9-4-3-5-10-8/h7-9H,3-6H2,1-2H3/t8-/m0/s1. The van der Waals surface area contributed by atoms with Gasteiger partial charge in [-0.3, -0.25) is 5.32 Å². The van der Waals surface area contributed by atoms with Crippen LogP contribution in [0, 0.1) is 5.92 Å². The van der Waals surface area contributed by atoms with Crippen molar-refractivity contribution in [2.75, 3.05) is 13.2 Å². The van der Waals surface area contributed by atoms with Crippen LogP contribution in [0.1, 0.15) is 26.7 Å². The molecule has 1 fully saturated rings. The van der Waals surface area contributed by atoms with Gasteiger partial charge in [-0.2, -0.15) is 0 Å². The van der Waals surface area contributed by atoms with Gasteiger partial charge in [0.05, 0.1) is 0 Å². The number of rotatable bonds is 2. The fourth-order valence-corrected chi connectivity index (χ4v) is 1.20. The molecule has 1 saturated heterocycles. The lowest BCUT2D eigenvalue weighted by Gasteiger charge is -2.25. The Morgan fingerprint density at radius 1 is 1.60 bits per heavy atom. The zero-order valence-electron chi connectivity index (χ0n) is 6.89. The SMILES string of the molecule is CC(C)C[C@H]1NCCCO1. The minimum absolute atomic E-state index is 0.328. The maximum Gasteiger partial charge on any atom is 0.108 e. The van der Waals surface area contributed by atoms with Crippen LogP contribution in [0.2, 0.25) is 0 Å². The van der Waals surface area contributed by atoms with E-state index in [1.165, 1.54) is 0 Å². The van der Waals surface area contributed by atoms with Crippen molar-refractivity contribution in [3.05, 3.63) is 0 Å². The van der Waals surface area contributed by atoms with Crippen LogP contribution in [0.25, 0.3) is 0 Å². The average Bonchev–Trinajstić information content (AvgIpc) is 1.88. The van der Waals surface area contributed by atoms with E-state index in [4.69, 9.17) is 4.74 Å². The van der Waals surface area contributed by atoms with Crippen LogP contribution in [-0.4, -0.2) is 19.4 Å². The first-order valence-electron chi connectivity index (χ1n) is 4.14. The van der Waals surface area contributed by atoms with Gasteiger partial charge in [0.15, 0.2) is 0 Å². The molecule has 0 spiro atoms. The molecule has 1 heterocycles. The summed E-state index contributed by atoms with van der Waals surface area (Å²) in [5.41, 5.74) is 0. The van der Waals surface area contributed by atoms with Gasteiger partial charge in [0, 0.05) is 6.61 Å². The molecule has 1 aliphatic heterocycles. The molecule has 0 unspecified atom stereocenters. The first-order chi connectivity index (χ1) is 4.79. The predicted octanol–water partition coefficient (Wildman–Crippen LogP) is 1.37. The van der Waals surface area contributed by atoms with Crippen molar-refractivity contribution in [2.24, 2.45) is 5.92 Å². The molecule has 1 N–H and O–H groups in total. The topological polar surface area (TPSA) is 21.3 Å². The summed E-state index contributed by atoms with van der Waals surface area (Å²) >= 11 is 0. The van der Waals surface area contributed by atoms with E-state index < -0.39 is 0 Å². The lowest BCUT2D eigenvalue weighted by Crippen LogP contribution is -2.38. The van der Waals surface area contributed by atoms with Crippen molar-refractivity contribution < 1.29 is 4.74 Å². The normalized spacial score (nSPS) is 27.3. The summed E-state index contributed by atoms with van der Waals surface area (Å²) in [6.07, 6.45) is 2.63. The molecule has 1 atom stereocenters. The quantitative estimate of drug-likeness (QED) is 0.630. The molecule has 0 radical (unpaired) electrons. The summed E-state index contributed by atoms with van der Waals surface area (Å²) < 4.78 is 5.48. The van der Waals surface area contributed by atoms with Gasteiger partial charge in [-0.1, -0.05) is 13.8 Å². The Balaban J connectivity index is 2.13. The highest BCUT2D eigenvalue weighted by atomic mass is 16.5. The van der Waals surface area contributed by atoms with Crippen LogP contribution >= 0.6 is 0 Å². The molecule has 0 amide bonds. The maximum absolute atomic E-state index is 5.48. The fraction of sp³-hybridized carbons (Fsp3) is 1.00. The van der Waals surface area contributed by atoms with E-state index >= 15 is 0 Å². The smallest absolute Gasteiger partial charge is 0.108 e. The molecule has 1 aliphatic rings. The van der Waals surface area contributed by atoms with Crippen molar-refractivity contribution in [1.82, 2.24) is 5.32 Å². The monoisotopic (exact) mass is 143 g/mol. The van der Waals surface area contributed by atoms with E-state index in [-0.39, 0.29) is 0 Å². The number of nitrogens with one attached hydrogen (secondary N) is 1. The predicted molar refractivity (Wildman–Crippen MR) is 41.8 cm³/mol. The number of ether oxygens (including phenoxy) is 1. The minimum atomic E-state index is 0.328. The van der Waals surface area contributed by atoms with E-state index in [9.17, 15) is 0 Å². The Labute approximate surface area is 63.0 Å². The van der Waals surface area contributed by atoms with Crippen molar-refractivity contribution in [2.45, 2.75) is 32.9 Å². The van der Waals surface area contributed by atoms with Gasteiger partial charge in [0.2, 0.25) is 0 Å². The molecule has 2 heteroatoms. The van der Waals surface area contributed by atoms with Crippen molar-refractivity contribution in [3.8, 4) is 0 Å². The lowest BCUT2D eigenvalue weighted by molar-refractivity contribution is -0.0106. The molecular weight excluding hydrogens is 126 g/mol. The third-order valence-corrected chi connectivity index (χ3v) is 1.70. The Morgan fingerprint density at radius 2 is 2.40 bits per heavy atom. The van der Waals surface area contributed by atoms with Crippen LogP contribution in [0.15, 0.2) is 0 Å². The van der Waals surface area contributed by atoms with Gasteiger partial charge in [-0.25, -0.2) is 0 Å². The highest BCUT2D eigenvalue weighted by Crippen LogP contribution is 2.08. The molecule has 0 bridgehead atoms.